The van der Waals surface area contributed by atoms with Gasteiger partial charge < -0.3 is 0 Å². The Morgan fingerprint density at radius 1 is 1.19 bits per heavy atom. The molecule has 0 saturated carbocycles. The van der Waals surface area contributed by atoms with Crippen LogP contribution in [0.5, 0.6) is 0 Å². The van der Waals surface area contributed by atoms with Crippen LogP contribution in [0.2, 0.25) is 0 Å². The van der Waals surface area contributed by atoms with Crippen molar-refractivity contribution in [1.29, 1.82) is 0 Å². The van der Waals surface area contributed by atoms with Crippen LogP contribution in [-0.2, 0) is 0 Å². The fourth-order valence-electron chi connectivity index (χ4n) is 1.71. The van der Waals surface area contributed by atoms with E-state index in [9.17, 15) is 4.79 Å². The maximum Gasteiger partial charge on any atom is 0.162 e. The Kier molecular flexibility index (Phi) is 5.24. The lowest BCUT2D eigenvalue weighted by Gasteiger charge is -2.09. The second-order valence-corrected chi connectivity index (χ2v) is 4.46. The molecule has 16 heavy (non-hydrogen) atoms. The molecule has 1 atom stereocenters. The molecule has 0 aromatic heterocycles. The van der Waals surface area contributed by atoms with Crippen molar-refractivity contribution in [2.24, 2.45) is 0 Å². The van der Waals surface area contributed by atoms with Gasteiger partial charge in [-0.15, -0.1) is 0 Å². The molecule has 0 heterocycles. The lowest BCUT2D eigenvalue weighted by atomic mass is 9.96. The molecule has 0 saturated heterocycles. The average molecular weight is 218 g/mol. The molecule has 0 bridgehead atoms. The number of rotatable bonds is 6. The summed E-state index contributed by atoms with van der Waals surface area (Å²) in [7, 11) is 0. The maximum atomic E-state index is 11.8. The number of hydrogen-bond donors (Lipinski definition) is 0. The standard InChI is InChI=1S/C15H22O/c1-4-6-7-15(16)14-10-8-13(9-11-14)12(3)5-2/h8-12H,4-7H2,1-3H3. The predicted octanol–water partition coefficient (Wildman–Crippen LogP) is 4.57. The first-order valence-corrected chi connectivity index (χ1v) is 6.32. The highest BCUT2D eigenvalue weighted by molar-refractivity contribution is 5.96. The van der Waals surface area contributed by atoms with Gasteiger partial charge in [-0.2, -0.15) is 0 Å². The Morgan fingerprint density at radius 2 is 1.81 bits per heavy atom. The van der Waals surface area contributed by atoms with E-state index in [2.05, 4.69) is 32.9 Å². The van der Waals surface area contributed by atoms with E-state index in [-0.39, 0.29) is 5.78 Å². The summed E-state index contributed by atoms with van der Waals surface area (Å²) >= 11 is 0. The summed E-state index contributed by atoms with van der Waals surface area (Å²) in [5.41, 5.74) is 2.19. The smallest absolute Gasteiger partial charge is 0.162 e. The fraction of sp³-hybridized carbons (Fsp3) is 0.533. The summed E-state index contributed by atoms with van der Waals surface area (Å²) < 4.78 is 0. The topological polar surface area (TPSA) is 17.1 Å². The summed E-state index contributed by atoms with van der Waals surface area (Å²) in [6, 6.07) is 8.12. The number of unbranched alkanes of at least 4 members (excludes halogenated alkanes) is 1. The minimum absolute atomic E-state index is 0.276. The Bertz CT molecular complexity index is 324. The van der Waals surface area contributed by atoms with Crippen LogP contribution < -0.4 is 0 Å². The lowest BCUT2D eigenvalue weighted by molar-refractivity contribution is 0.0980. The molecule has 0 aliphatic rings. The largest absolute Gasteiger partial charge is 0.294 e. The SMILES string of the molecule is CCCCC(=O)c1ccc(C(C)CC)cc1. The van der Waals surface area contributed by atoms with Crippen LogP contribution in [-0.4, -0.2) is 5.78 Å². The van der Waals surface area contributed by atoms with Crippen LogP contribution in [0, 0.1) is 0 Å². The summed E-state index contributed by atoms with van der Waals surface area (Å²) in [5, 5.41) is 0. The van der Waals surface area contributed by atoms with E-state index < -0.39 is 0 Å². The summed E-state index contributed by atoms with van der Waals surface area (Å²) in [4.78, 5) is 11.8. The number of carbonyl (C=O) groups excluding carboxylic acids is 1. The van der Waals surface area contributed by atoms with E-state index >= 15 is 0 Å². The predicted molar refractivity (Wildman–Crippen MR) is 69.0 cm³/mol. The third kappa shape index (κ3) is 3.48. The van der Waals surface area contributed by atoms with E-state index in [0.29, 0.717) is 12.3 Å². The Morgan fingerprint density at radius 3 is 2.31 bits per heavy atom. The van der Waals surface area contributed by atoms with Gasteiger partial charge in [-0.1, -0.05) is 51.5 Å². The van der Waals surface area contributed by atoms with Crippen LogP contribution >= 0.6 is 0 Å². The zero-order valence-corrected chi connectivity index (χ0v) is 10.6. The highest BCUT2D eigenvalue weighted by Gasteiger charge is 2.06. The first kappa shape index (κ1) is 13.0. The zero-order valence-electron chi connectivity index (χ0n) is 10.6. The summed E-state index contributed by atoms with van der Waals surface area (Å²) in [6.45, 7) is 6.51. The van der Waals surface area contributed by atoms with E-state index in [1.807, 2.05) is 12.1 Å². The normalized spacial score (nSPS) is 12.4. The molecule has 0 N–H and O–H groups in total. The second-order valence-electron chi connectivity index (χ2n) is 4.46. The van der Waals surface area contributed by atoms with Gasteiger partial charge in [0.1, 0.15) is 0 Å². The first-order valence-electron chi connectivity index (χ1n) is 6.32. The van der Waals surface area contributed by atoms with Crippen LogP contribution in [0.3, 0.4) is 0 Å². The van der Waals surface area contributed by atoms with Crippen molar-refractivity contribution >= 4 is 5.78 Å². The molecular formula is C15H22O. The van der Waals surface area contributed by atoms with Gasteiger partial charge >= 0.3 is 0 Å². The molecule has 1 heteroatoms. The van der Waals surface area contributed by atoms with Crippen molar-refractivity contribution < 1.29 is 4.79 Å². The van der Waals surface area contributed by atoms with Crippen molar-refractivity contribution in [3.8, 4) is 0 Å². The quantitative estimate of drug-likeness (QED) is 0.639. The molecule has 1 aromatic carbocycles. The number of benzene rings is 1. The first-order chi connectivity index (χ1) is 7.69. The van der Waals surface area contributed by atoms with Gasteiger partial charge in [-0.25, -0.2) is 0 Å². The minimum Gasteiger partial charge on any atom is -0.294 e. The molecule has 1 aromatic rings. The highest BCUT2D eigenvalue weighted by atomic mass is 16.1. The van der Waals surface area contributed by atoms with Gasteiger partial charge in [0.05, 0.1) is 0 Å². The van der Waals surface area contributed by atoms with Crippen molar-refractivity contribution in [1.82, 2.24) is 0 Å². The monoisotopic (exact) mass is 218 g/mol. The van der Waals surface area contributed by atoms with Gasteiger partial charge in [-0.3, -0.25) is 4.79 Å². The number of Topliss-reactive ketones (excluding diaryl/α,β-unsaturated/α-hetero) is 1. The van der Waals surface area contributed by atoms with E-state index in [0.717, 1.165) is 24.8 Å². The van der Waals surface area contributed by atoms with Crippen LogP contribution in [0.1, 0.15) is 68.3 Å². The molecule has 88 valence electrons. The van der Waals surface area contributed by atoms with Crippen molar-refractivity contribution in [2.75, 3.05) is 0 Å². The van der Waals surface area contributed by atoms with E-state index in [4.69, 9.17) is 0 Å². The maximum absolute atomic E-state index is 11.8. The van der Waals surface area contributed by atoms with Gasteiger partial charge in [0.2, 0.25) is 0 Å². The molecule has 0 amide bonds. The summed E-state index contributed by atoms with van der Waals surface area (Å²) in [6.07, 6.45) is 3.89. The van der Waals surface area contributed by atoms with Gasteiger partial charge in [0.25, 0.3) is 0 Å². The molecule has 1 rings (SSSR count). The number of carbonyl (C=O) groups is 1. The molecule has 0 spiro atoms. The van der Waals surface area contributed by atoms with E-state index in [1.165, 1.54) is 5.56 Å². The number of ketones is 1. The molecule has 0 fully saturated rings. The Balaban J connectivity index is 2.67. The Hall–Kier alpha value is -1.11. The molecule has 0 aliphatic heterocycles. The highest BCUT2D eigenvalue weighted by Crippen LogP contribution is 2.19. The second kappa shape index (κ2) is 6.47. The van der Waals surface area contributed by atoms with E-state index in [1.54, 1.807) is 0 Å². The van der Waals surface area contributed by atoms with Crippen LogP contribution in [0.4, 0.5) is 0 Å². The van der Waals surface area contributed by atoms with Crippen molar-refractivity contribution in [3.63, 3.8) is 0 Å². The van der Waals surface area contributed by atoms with Gasteiger partial charge in [0.15, 0.2) is 5.78 Å². The summed E-state index contributed by atoms with van der Waals surface area (Å²) in [5.74, 6) is 0.859. The van der Waals surface area contributed by atoms with Crippen LogP contribution in [0.15, 0.2) is 24.3 Å². The van der Waals surface area contributed by atoms with Gasteiger partial charge in [-0.05, 0) is 24.3 Å². The molecule has 1 nitrogen and oxygen atoms in total. The van der Waals surface area contributed by atoms with Crippen molar-refractivity contribution in [2.45, 2.75) is 52.4 Å². The molecule has 0 radical (unpaired) electrons. The fourth-order valence-corrected chi connectivity index (χ4v) is 1.71. The third-order valence-corrected chi connectivity index (χ3v) is 3.17. The molecule has 0 aliphatic carbocycles. The molecular weight excluding hydrogens is 196 g/mol. The number of hydrogen-bond acceptors (Lipinski definition) is 1. The average Bonchev–Trinajstić information content (AvgIpc) is 2.35. The third-order valence-electron chi connectivity index (χ3n) is 3.17. The van der Waals surface area contributed by atoms with Crippen molar-refractivity contribution in [3.05, 3.63) is 35.4 Å². The Labute approximate surface area is 98.9 Å². The lowest BCUT2D eigenvalue weighted by Crippen LogP contribution is -1.99. The minimum atomic E-state index is 0.276. The molecule has 1 unspecified atom stereocenters. The van der Waals surface area contributed by atoms with Crippen LogP contribution in [0.25, 0.3) is 0 Å². The van der Waals surface area contributed by atoms with Gasteiger partial charge in [0, 0.05) is 12.0 Å². The zero-order chi connectivity index (χ0) is 12.0.